The fourth-order valence-corrected chi connectivity index (χ4v) is 5.31. The second kappa shape index (κ2) is 5.97. The molecule has 4 aliphatic carbocycles. The van der Waals surface area contributed by atoms with Gasteiger partial charge in [0.15, 0.2) is 5.54 Å². The topological polar surface area (TPSA) is 79.3 Å². The summed E-state index contributed by atoms with van der Waals surface area (Å²) < 4.78 is 0. The summed E-state index contributed by atoms with van der Waals surface area (Å²) in [6.45, 7) is 1.51. The molecule has 1 atom stereocenters. The smallest absolute Gasteiger partial charge is 0.333 e. The van der Waals surface area contributed by atoms with Gasteiger partial charge < -0.3 is 10.4 Å². The third-order valence-corrected chi connectivity index (χ3v) is 6.42. The van der Waals surface area contributed by atoms with E-state index in [1.165, 1.54) is 50.8 Å². The van der Waals surface area contributed by atoms with Gasteiger partial charge in [-0.1, -0.05) is 11.6 Å². The summed E-state index contributed by atoms with van der Waals surface area (Å²) in [6.07, 6.45) is 10.9. The second-order valence-corrected chi connectivity index (χ2v) is 8.11. The van der Waals surface area contributed by atoms with E-state index < -0.39 is 11.5 Å². The average Bonchev–Trinajstić information content (AvgIpc) is 2.58. The van der Waals surface area contributed by atoms with Crippen LogP contribution in [0.4, 0.5) is 0 Å². The molecule has 1 amide bonds. The molecule has 0 radical (unpaired) electrons. The van der Waals surface area contributed by atoms with E-state index >= 15 is 0 Å². The summed E-state index contributed by atoms with van der Waals surface area (Å²) in [5, 5.41) is 12.4. The zero-order chi connectivity index (χ0) is 17.6. The van der Waals surface area contributed by atoms with Crippen LogP contribution in [0.15, 0.2) is 36.2 Å². The van der Waals surface area contributed by atoms with E-state index in [0.717, 1.165) is 11.8 Å². The molecule has 4 aliphatic rings. The number of allylic oxidation sites excluding steroid dienone is 1. The normalized spacial score (nSPS) is 32.1. The number of nitrogens with zero attached hydrogens (tertiary/aromatic N) is 1. The molecule has 5 nitrogen and oxygen atoms in total. The molecule has 132 valence electrons. The maximum Gasteiger partial charge on any atom is 0.333 e. The molecule has 1 unspecified atom stereocenters. The molecular weight excluding hydrogens is 316 g/mol. The van der Waals surface area contributed by atoms with Crippen LogP contribution in [-0.4, -0.2) is 22.0 Å². The predicted octanol–water partition coefficient (Wildman–Crippen LogP) is 2.88. The summed E-state index contributed by atoms with van der Waals surface area (Å²) in [7, 11) is 0. The monoisotopic (exact) mass is 340 g/mol. The summed E-state index contributed by atoms with van der Waals surface area (Å²) >= 11 is 0. The van der Waals surface area contributed by atoms with Crippen molar-refractivity contribution in [1.82, 2.24) is 10.3 Å². The Morgan fingerprint density at radius 2 is 1.84 bits per heavy atom. The van der Waals surface area contributed by atoms with Gasteiger partial charge in [0.1, 0.15) is 0 Å². The first-order valence-electron chi connectivity index (χ1n) is 9.13. The van der Waals surface area contributed by atoms with Crippen molar-refractivity contribution in [2.75, 3.05) is 0 Å². The molecule has 4 saturated carbocycles. The Bertz CT molecular complexity index is 698. The van der Waals surface area contributed by atoms with E-state index in [9.17, 15) is 14.7 Å². The van der Waals surface area contributed by atoms with E-state index in [1.54, 1.807) is 24.4 Å². The van der Waals surface area contributed by atoms with Crippen molar-refractivity contribution in [2.45, 2.75) is 44.6 Å². The number of amides is 1. The third kappa shape index (κ3) is 2.86. The van der Waals surface area contributed by atoms with Crippen LogP contribution in [0.25, 0.3) is 0 Å². The number of aliphatic carboxylic acids is 1. The van der Waals surface area contributed by atoms with E-state index in [1.807, 2.05) is 0 Å². The highest BCUT2D eigenvalue weighted by atomic mass is 16.4. The quantitative estimate of drug-likeness (QED) is 0.826. The number of carbonyl (C=O) groups excluding carboxylic acids is 1. The molecule has 25 heavy (non-hydrogen) atoms. The highest BCUT2D eigenvalue weighted by molar-refractivity contribution is 5.94. The van der Waals surface area contributed by atoms with E-state index in [0.29, 0.717) is 17.4 Å². The summed E-state index contributed by atoms with van der Waals surface area (Å²) in [6, 6.07) is 3.36. The molecule has 1 aromatic rings. The van der Waals surface area contributed by atoms with Crippen LogP contribution >= 0.6 is 0 Å². The molecule has 2 N–H and O–H groups in total. The number of pyridine rings is 1. The molecule has 0 saturated heterocycles. The molecule has 0 aliphatic heterocycles. The Kier molecular flexibility index (Phi) is 3.89. The number of carbonyl (C=O) groups is 2. The maximum absolute atomic E-state index is 12.7. The number of hydrogen-bond donors (Lipinski definition) is 2. The summed E-state index contributed by atoms with van der Waals surface area (Å²) in [5.41, 5.74) is 0.247. The Labute approximate surface area is 147 Å². The van der Waals surface area contributed by atoms with Gasteiger partial charge in [0.25, 0.3) is 0 Å². The Morgan fingerprint density at radius 1 is 1.20 bits per heavy atom. The minimum atomic E-state index is -1.48. The highest BCUT2D eigenvalue weighted by Gasteiger charge is 2.45. The lowest BCUT2D eigenvalue weighted by Crippen LogP contribution is -2.49. The average molecular weight is 340 g/mol. The van der Waals surface area contributed by atoms with Crippen LogP contribution in [0.3, 0.4) is 0 Å². The molecule has 1 heterocycles. The van der Waals surface area contributed by atoms with Gasteiger partial charge in [-0.25, -0.2) is 4.79 Å². The summed E-state index contributed by atoms with van der Waals surface area (Å²) in [5.74, 6) is 1.33. The van der Waals surface area contributed by atoms with Gasteiger partial charge in [0.2, 0.25) is 5.91 Å². The van der Waals surface area contributed by atoms with Crippen LogP contribution in [-0.2, 0) is 15.1 Å². The van der Waals surface area contributed by atoms with E-state index in [2.05, 4.69) is 10.3 Å². The number of rotatable bonds is 4. The zero-order valence-electron chi connectivity index (χ0n) is 14.4. The van der Waals surface area contributed by atoms with Crippen molar-refractivity contribution in [3.8, 4) is 0 Å². The zero-order valence-corrected chi connectivity index (χ0v) is 14.4. The first-order chi connectivity index (χ1) is 12.0. The molecule has 0 spiro atoms. The van der Waals surface area contributed by atoms with Crippen LogP contribution in [0.5, 0.6) is 0 Å². The molecule has 5 heteroatoms. The van der Waals surface area contributed by atoms with Gasteiger partial charge >= 0.3 is 5.97 Å². The number of carboxylic acid groups (broad SMARTS) is 1. The van der Waals surface area contributed by atoms with Crippen LogP contribution in [0, 0.1) is 23.7 Å². The van der Waals surface area contributed by atoms with Gasteiger partial charge in [-0.15, -0.1) is 0 Å². The van der Waals surface area contributed by atoms with Crippen molar-refractivity contribution in [1.29, 1.82) is 0 Å². The first kappa shape index (κ1) is 16.3. The fourth-order valence-electron chi connectivity index (χ4n) is 5.31. The Morgan fingerprint density at radius 3 is 2.36 bits per heavy atom. The molecular formula is C20H24N2O3. The standard InChI is InChI=1S/C20H24N2O3/c1-20(19(24)25,16-3-2-4-21-11-16)22-18(23)10-17-14-6-12-5-13(8-14)9-15(17)7-12/h2-4,10-15H,5-9H2,1H3,(H,22,23)(H,24,25). The van der Waals surface area contributed by atoms with E-state index in [-0.39, 0.29) is 5.91 Å². The predicted molar refractivity (Wildman–Crippen MR) is 92.5 cm³/mol. The largest absolute Gasteiger partial charge is 0.479 e. The molecule has 1 aromatic heterocycles. The fraction of sp³-hybridized carbons (Fsp3) is 0.550. The second-order valence-electron chi connectivity index (χ2n) is 8.11. The van der Waals surface area contributed by atoms with Crippen molar-refractivity contribution >= 4 is 11.9 Å². The van der Waals surface area contributed by atoms with Gasteiger partial charge in [0.05, 0.1) is 0 Å². The summed E-state index contributed by atoms with van der Waals surface area (Å²) in [4.78, 5) is 28.5. The molecule has 5 rings (SSSR count). The third-order valence-electron chi connectivity index (χ3n) is 6.42. The lowest BCUT2D eigenvalue weighted by molar-refractivity contribution is -0.146. The lowest BCUT2D eigenvalue weighted by Gasteiger charge is -2.51. The number of nitrogens with one attached hydrogen (secondary N) is 1. The van der Waals surface area contributed by atoms with Gasteiger partial charge in [-0.05, 0) is 68.8 Å². The number of carboxylic acids is 1. The molecule has 4 bridgehead atoms. The van der Waals surface area contributed by atoms with Crippen molar-refractivity contribution < 1.29 is 14.7 Å². The maximum atomic E-state index is 12.7. The van der Waals surface area contributed by atoms with Crippen molar-refractivity contribution in [2.24, 2.45) is 23.7 Å². The number of hydrogen-bond acceptors (Lipinski definition) is 3. The van der Waals surface area contributed by atoms with Gasteiger partial charge in [0, 0.05) is 24.0 Å². The van der Waals surface area contributed by atoms with Crippen LogP contribution < -0.4 is 5.32 Å². The SMILES string of the molecule is CC(NC(=O)C=C1C2CC3CC(C2)CC1C3)(C(=O)O)c1cccnc1. The van der Waals surface area contributed by atoms with Crippen molar-refractivity contribution in [3.05, 3.63) is 41.7 Å². The Balaban J connectivity index is 1.56. The minimum Gasteiger partial charge on any atom is -0.479 e. The van der Waals surface area contributed by atoms with Gasteiger partial charge in [-0.2, -0.15) is 0 Å². The van der Waals surface area contributed by atoms with Crippen LogP contribution in [0.1, 0.15) is 44.6 Å². The van der Waals surface area contributed by atoms with Crippen LogP contribution in [0.2, 0.25) is 0 Å². The molecule has 0 aromatic carbocycles. The number of aromatic nitrogens is 1. The highest BCUT2D eigenvalue weighted by Crippen LogP contribution is 2.56. The molecule has 4 fully saturated rings. The minimum absolute atomic E-state index is 0.309. The van der Waals surface area contributed by atoms with E-state index in [4.69, 9.17) is 0 Å². The lowest BCUT2D eigenvalue weighted by atomic mass is 9.54. The Hall–Kier alpha value is -2.17. The van der Waals surface area contributed by atoms with Crippen molar-refractivity contribution in [3.63, 3.8) is 0 Å². The first-order valence-corrected chi connectivity index (χ1v) is 9.13. The van der Waals surface area contributed by atoms with Gasteiger partial charge in [-0.3, -0.25) is 9.78 Å².